The standard InChI is InChI=1S/C20H24N2O3.C2H2O4/c1-24-18-7-3-16(4-8-18)15-21-11-13-22(14-12-21)20(23)17-5-9-19(25-2)10-6-17;3-1(4)2(5)6/h3-10H,11-15H2,1-2H3;(H,3,4)(H,5,6). The molecule has 0 atom stereocenters. The van der Waals surface area contributed by atoms with E-state index in [4.69, 9.17) is 29.3 Å². The minimum atomic E-state index is -1.82. The molecule has 1 amide bonds. The number of hydrogen-bond donors (Lipinski definition) is 2. The van der Waals surface area contributed by atoms with E-state index in [1.54, 1.807) is 14.2 Å². The van der Waals surface area contributed by atoms with Crippen molar-refractivity contribution in [3.63, 3.8) is 0 Å². The molecule has 3 rings (SSSR count). The summed E-state index contributed by atoms with van der Waals surface area (Å²) in [6.07, 6.45) is 0. The minimum absolute atomic E-state index is 0.0896. The third kappa shape index (κ3) is 7.31. The van der Waals surface area contributed by atoms with Gasteiger partial charge in [-0.3, -0.25) is 9.69 Å². The van der Waals surface area contributed by atoms with Crippen LogP contribution in [0.3, 0.4) is 0 Å². The summed E-state index contributed by atoms with van der Waals surface area (Å²) < 4.78 is 10.3. The highest BCUT2D eigenvalue weighted by Crippen LogP contribution is 2.16. The maximum Gasteiger partial charge on any atom is 0.414 e. The molecule has 1 fully saturated rings. The fraction of sp³-hybridized carbons (Fsp3) is 0.318. The molecule has 1 aliphatic heterocycles. The Balaban J connectivity index is 0.000000501. The number of amides is 1. The van der Waals surface area contributed by atoms with E-state index < -0.39 is 11.9 Å². The molecule has 31 heavy (non-hydrogen) atoms. The van der Waals surface area contributed by atoms with Gasteiger partial charge in [0.05, 0.1) is 14.2 Å². The maximum absolute atomic E-state index is 12.6. The van der Waals surface area contributed by atoms with Crippen LogP contribution in [0.2, 0.25) is 0 Å². The van der Waals surface area contributed by atoms with E-state index in [0.717, 1.165) is 44.2 Å². The number of carboxylic acids is 2. The van der Waals surface area contributed by atoms with Crippen LogP contribution in [0.4, 0.5) is 0 Å². The fourth-order valence-corrected chi connectivity index (χ4v) is 3.01. The van der Waals surface area contributed by atoms with Crippen LogP contribution in [-0.4, -0.2) is 78.3 Å². The van der Waals surface area contributed by atoms with Gasteiger partial charge in [-0.25, -0.2) is 9.59 Å². The third-order valence-corrected chi connectivity index (χ3v) is 4.74. The number of rotatable bonds is 5. The number of aliphatic carboxylic acids is 2. The predicted octanol–water partition coefficient (Wildman–Crippen LogP) is 1.82. The van der Waals surface area contributed by atoms with Gasteiger partial charge in [-0.2, -0.15) is 0 Å². The molecule has 2 N–H and O–H groups in total. The summed E-state index contributed by atoms with van der Waals surface area (Å²) in [6, 6.07) is 15.5. The molecular formula is C22H26N2O7. The lowest BCUT2D eigenvalue weighted by atomic mass is 10.1. The predicted molar refractivity (Wildman–Crippen MR) is 112 cm³/mol. The van der Waals surface area contributed by atoms with Gasteiger partial charge in [0.15, 0.2) is 0 Å². The molecule has 1 saturated heterocycles. The second-order valence-electron chi connectivity index (χ2n) is 6.76. The van der Waals surface area contributed by atoms with Gasteiger partial charge in [-0.1, -0.05) is 12.1 Å². The van der Waals surface area contributed by atoms with Gasteiger partial charge in [0.1, 0.15) is 11.5 Å². The lowest BCUT2D eigenvalue weighted by Crippen LogP contribution is -2.48. The monoisotopic (exact) mass is 430 g/mol. The Bertz CT molecular complexity index is 862. The van der Waals surface area contributed by atoms with Crippen molar-refractivity contribution in [2.24, 2.45) is 0 Å². The second-order valence-corrected chi connectivity index (χ2v) is 6.76. The van der Waals surface area contributed by atoms with Gasteiger partial charge in [0.25, 0.3) is 5.91 Å². The van der Waals surface area contributed by atoms with Crippen molar-refractivity contribution >= 4 is 17.8 Å². The summed E-state index contributed by atoms with van der Waals surface area (Å²) in [5, 5.41) is 14.8. The Morgan fingerprint density at radius 2 is 1.23 bits per heavy atom. The number of hydrogen-bond acceptors (Lipinski definition) is 6. The SMILES string of the molecule is COc1ccc(CN2CCN(C(=O)c3ccc(OC)cc3)CC2)cc1.O=C(O)C(=O)O. The van der Waals surface area contributed by atoms with Gasteiger partial charge >= 0.3 is 11.9 Å². The highest BCUT2D eigenvalue weighted by molar-refractivity contribution is 6.27. The number of nitrogens with zero attached hydrogens (tertiary/aromatic N) is 2. The number of benzene rings is 2. The van der Waals surface area contributed by atoms with E-state index in [-0.39, 0.29) is 5.91 Å². The summed E-state index contributed by atoms with van der Waals surface area (Å²) >= 11 is 0. The zero-order chi connectivity index (χ0) is 22.8. The smallest absolute Gasteiger partial charge is 0.414 e. The summed E-state index contributed by atoms with van der Waals surface area (Å²) in [6.45, 7) is 4.17. The van der Waals surface area contributed by atoms with Crippen LogP contribution in [0.15, 0.2) is 48.5 Å². The van der Waals surface area contributed by atoms with Crippen LogP contribution in [0.1, 0.15) is 15.9 Å². The molecule has 2 aromatic rings. The van der Waals surface area contributed by atoms with Crippen molar-refractivity contribution in [3.05, 3.63) is 59.7 Å². The van der Waals surface area contributed by atoms with Crippen LogP contribution in [0.25, 0.3) is 0 Å². The molecule has 166 valence electrons. The number of carbonyl (C=O) groups is 3. The van der Waals surface area contributed by atoms with Crippen LogP contribution >= 0.6 is 0 Å². The van der Waals surface area contributed by atoms with E-state index in [1.807, 2.05) is 41.3 Å². The number of methoxy groups -OCH3 is 2. The van der Waals surface area contributed by atoms with Crippen molar-refractivity contribution in [2.75, 3.05) is 40.4 Å². The first-order valence-corrected chi connectivity index (χ1v) is 9.59. The summed E-state index contributed by atoms with van der Waals surface area (Å²) in [5.41, 5.74) is 1.97. The van der Waals surface area contributed by atoms with E-state index >= 15 is 0 Å². The van der Waals surface area contributed by atoms with E-state index in [9.17, 15) is 4.79 Å². The molecule has 1 heterocycles. The van der Waals surface area contributed by atoms with Gasteiger partial charge in [-0.05, 0) is 42.0 Å². The van der Waals surface area contributed by atoms with Gasteiger partial charge < -0.3 is 24.6 Å². The maximum atomic E-state index is 12.6. The summed E-state index contributed by atoms with van der Waals surface area (Å²) in [5.74, 6) is -1.92. The van der Waals surface area contributed by atoms with E-state index in [0.29, 0.717) is 5.56 Å². The lowest BCUT2D eigenvalue weighted by Gasteiger charge is -2.34. The molecule has 0 radical (unpaired) electrons. The highest BCUT2D eigenvalue weighted by Gasteiger charge is 2.22. The number of ether oxygens (including phenoxy) is 2. The van der Waals surface area contributed by atoms with Crippen molar-refractivity contribution in [2.45, 2.75) is 6.54 Å². The molecular weight excluding hydrogens is 404 g/mol. The van der Waals surface area contributed by atoms with Crippen molar-refractivity contribution in [3.8, 4) is 11.5 Å². The zero-order valence-electron chi connectivity index (χ0n) is 17.5. The van der Waals surface area contributed by atoms with Gasteiger partial charge in [0, 0.05) is 38.3 Å². The van der Waals surface area contributed by atoms with Crippen LogP contribution < -0.4 is 9.47 Å². The third-order valence-electron chi connectivity index (χ3n) is 4.74. The summed E-state index contributed by atoms with van der Waals surface area (Å²) in [4.78, 5) is 35.1. The Hall–Kier alpha value is -3.59. The average molecular weight is 430 g/mol. The van der Waals surface area contributed by atoms with Crippen LogP contribution in [-0.2, 0) is 16.1 Å². The van der Waals surface area contributed by atoms with E-state index in [1.165, 1.54) is 5.56 Å². The van der Waals surface area contributed by atoms with Crippen LogP contribution in [0, 0.1) is 0 Å². The van der Waals surface area contributed by atoms with Crippen LogP contribution in [0.5, 0.6) is 11.5 Å². The summed E-state index contributed by atoms with van der Waals surface area (Å²) in [7, 11) is 3.30. The molecule has 0 aromatic heterocycles. The first-order valence-electron chi connectivity index (χ1n) is 9.59. The highest BCUT2D eigenvalue weighted by atomic mass is 16.5. The molecule has 0 bridgehead atoms. The Labute approximate surface area is 180 Å². The first kappa shape index (κ1) is 23.7. The number of piperazine rings is 1. The van der Waals surface area contributed by atoms with E-state index in [2.05, 4.69) is 17.0 Å². The number of carbonyl (C=O) groups excluding carboxylic acids is 1. The minimum Gasteiger partial charge on any atom is -0.497 e. The van der Waals surface area contributed by atoms with Crippen molar-refractivity contribution in [1.82, 2.24) is 9.80 Å². The molecule has 0 unspecified atom stereocenters. The number of carboxylic acid groups (broad SMARTS) is 2. The van der Waals surface area contributed by atoms with Crippen molar-refractivity contribution in [1.29, 1.82) is 0 Å². The zero-order valence-corrected chi connectivity index (χ0v) is 17.5. The average Bonchev–Trinajstić information content (AvgIpc) is 2.80. The quantitative estimate of drug-likeness (QED) is 0.690. The lowest BCUT2D eigenvalue weighted by molar-refractivity contribution is -0.159. The molecule has 0 saturated carbocycles. The van der Waals surface area contributed by atoms with Gasteiger partial charge in [0.2, 0.25) is 0 Å². The molecule has 0 spiro atoms. The Morgan fingerprint density at radius 1 is 0.774 bits per heavy atom. The largest absolute Gasteiger partial charge is 0.497 e. The molecule has 1 aliphatic rings. The normalized spacial score (nSPS) is 13.5. The van der Waals surface area contributed by atoms with Crippen molar-refractivity contribution < 1.29 is 34.1 Å². The fourth-order valence-electron chi connectivity index (χ4n) is 3.01. The second kappa shape index (κ2) is 11.6. The molecule has 0 aliphatic carbocycles. The first-order chi connectivity index (χ1) is 14.8. The topological polar surface area (TPSA) is 117 Å². The Morgan fingerprint density at radius 3 is 1.65 bits per heavy atom. The molecule has 2 aromatic carbocycles. The molecule has 9 heteroatoms. The Kier molecular flexibility index (Phi) is 8.83. The molecule has 9 nitrogen and oxygen atoms in total. The van der Waals surface area contributed by atoms with Gasteiger partial charge in [-0.15, -0.1) is 0 Å².